The third kappa shape index (κ3) is 8.25. The Balaban J connectivity index is 1.42. The van der Waals surface area contributed by atoms with Crippen LogP contribution in [0.1, 0.15) is 42.3 Å². The second kappa shape index (κ2) is 12.6. The molecule has 202 valence electrons. The van der Waals surface area contributed by atoms with Crippen molar-refractivity contribution in [3.05, 3.63) is 119 Å². The number of nitrogens with zero attached hydrogens (tertiary/aromatic N) is 1. The molecule has 1 atom stereocenters. The van der Waals surface area contributed by atoms with Gasteiger partial charge in [0.25, 0.3) is 0 Å². The van der Waals surface area contributed by atoms with Gasteiger partial charge in [-0.2, -0.15) is 0 Å². The van der Waals surface area contributed by atoms with E-state index in [4.69, 9.17) is 21.1 Å². The van der Waals surface area contributed by atoms with Gasteiger partial charge >= 0.3 is 5.97 Å². The predicted octanol–water partition coefficient (Wildman–Crippen LogP) is 7.55. The zero-order chi connectivity index (χ0) is 28.0. The van der Waals surface area contributed by atoms with Crippen LogP contribution in [0, 0.1) is 0 Å². The predicted molar refractivity (Wildman–Crippen MR) is 153 cm³/mol. The van der Waals surface area contributed by atoms with Crippen molar-refractivity contribution >= 4 is 28.8 Å². The fraction of sp³-hybridized carbons (Fsp3) is 0.194. The van der Waals surface area contributed by atoms with Crippen molar-refractivity contribution in [2.75, 3.05) is 0 Å². The van der Waals surface area contributed by atoms with Crippen LogP contribution in [-0.2, 0) is 29.1 Å². The monoisotopic (exact) mass is 562 g/mol. The average Bonchev–Trinajstić information content (AvgIpc) is 2.89. The van der Waals surface area contributed by atoms with Crippen LogP contribution in [0.25, 0.3) is 11.1 Å². The molecule has 4 aromatic rings. The Morgan fingerprint density at radius 2 is 1.46 bits per heavy atom. The first kappa shape index (κ1) is 28.5. The van der Waals surface area contributed by atoms with E-state index in [1.807, 2.05) is 72.8 Å². The highest BCUT2D eigenvalue weighted by Gasteiger charge is 2.18. The Hall–Kier alpha value is -3.49. The fourth-order valence-corrected chi connectivity index (χ4v) is 4.57. The molecule has 0 saturated carbocycles. The van der Waals surface area contributed by atoms with Gasteiger partial charge in [-0.25, -0.2) is 9.10 Å². The summed E-state index contributed by atoms with van der Waals surface area (Å²) in [6, 6.07) is 29.5. The van der Waals surface area contributed by atoms with Crippen molar-refractivity contribution in [3.8, 4) is 22.6 Å². The summed E-state index contributed by atoms with van der Waals surface area (Å²) in [6.45, 7) is 5.64. The molecule has 0 saturated heterocycles. The Morgan fingerprint density at radius 1 is 0.846 bits per heavy atom. The van der Waals surface area contributed by atoms with Crippen LogP contribution in [0.3, 0.4) is 0 Å². The molecule has 4 aromatic carbocycles. The van der Waals surface area contributed by atoms with Gasteiger partial charge in [-0.3, -0.25) is 4.21 Å². The molecule has 0 radical (unpaired) electrons. The van der Waals surface area contributed by atoms with Gasteiger partial charge in [0.15, 0.2) is 0 Å². The SMILES string of the molecule is CC(C)(C)OC(=O)c1ccc(CN(Cc2ccc(-c3ccc(Oc4ccccc4)cc3)cc2Cl)S(=O)[O-])cc1. The van der Waals surface area contributed by atoms with Gasteiger partial charge in [0.1, 0.15) is 17.1 Å². The van der Waals surface area contributed by atoms with Crippen molar-refractivity contribution < 1.29 is 23.0 Å². The Bertz CT molecular complexity index is 1440. The lowest BCUT2D eigenvalue weighted by Crippen LogP contribution is -2.25. The first-order valence-electron chi connectivity index (χ1n) is 12.4. The number of hydrogen-bond donors (Lipinski definition) is 0. The molecule has 0 aromatic heterocycles. The standard InChI is InChI=1S/C31H30ClNO5S/c1-31(2,3)38-30(34)24-11-9-22(10-12-24)20-33(39(35)36)21-26-14-13-25(19-29(26)32)23-15-17-28(18-16-23)37-27-7-5-4-6-8-27/h4-19H,20-21H2,1-3H3,(H,35,36)/p-1. The lowest BCUT2D eigenvalue weighted by atomic mass is 10.0. The first-order chi connectivity index (χ1) is 18.6. The molecule has 0 N–H and O–H groups in total. The minimum absolute atomic E-state index is 0.104. The number of rotatable bonds is 9. The third-order valence-corrected chi connectivity index (χ3v) is 6.76. The number of carbonyl (C=O) groups excluding carboxylic acids is 1. The highest BCUT2D eigenvalue weighted by atomic mass is 35.5. The summed E-state index contributed by atoms with van der Waals surface area (Å²) in [4.78, 5) is 12.2. The second-order valence-electron chi connectivity index (χ2n) is 9.96. The molecule has 0 aliphatic heterocycles. The molecule has 0 spiro atoms. The highest BCUT2D eigenvalue weighted by Crippen LogP contribution is 2.30. The molecular formula is C31H29ClNO5S-. The van der Waals surface area contributed by atoms with Crippen molar-refractivity contribution in [2.24, 2.45) is 0 Å². The minimum Gasteiger partial charge on any atom is -0.760 e. The van der Waals surface area contributed by atoms with Crippen molar-refractivity contribution in [2.45, 2.75) is 39.5 Å². The molecule has 4 rings (SSSR count). The van der Waals surface area contributed by atoms with E-state index in [0.717, 1.165) is 28.2 Å². The summed E-state index contributed by atoms with van der Waals surface area (Å²) in [5, 5.41) is 0.466. The summed E-state index contributed by atoms with van der Waals surface area (Å²) in [5.41, 5.74) is 3.08. The maximum Gasteiger partial charge on any atom is 0.338 e. The topological polar surface area (TPSA) is 78.9 Å². The van der Waals surface area contributed by atoms with Crippen molar-refractivity contribution in [3.63, 3.8) is 0 Å². The van der Waals surface area contributed by atoms with E-state index in [1.165, 1.54) is 4.31 Å². The van der Waals surface area contributed by atoms with Gasteiger partial charge in [0.2, 0.25) is 0 Å². The molecule has 0 aliphatic carbocycles. The summed E-state index contributed by atoms with van der Waals surface area (Å²) in [5.74, 6) is 1.06. The normalized spacial score (nSPS) is 12.3. The van der Waals surface area contributed by atoms with Crippen LogP contribution in [0.4, 0.5) is 0 Å². The minimum atomic E-state index is -2.48. The van der Waals surface area contributed by atoms with Crippen LogP contribution in [0.15, 0.2) is 97.1 Å². The maximum atomic E-state index is 12.2. The van der Waals surface area contributed by atoms with E-state index in [-0.39, 0.29) is 13.1 Å². The van der Waals surface area contributed by atoms with Gasteiger partial charge in [0.05, 0.1) is 5.56 Å². The van der Waals surface area contributed by atoms with Crippen molar-refractivity contribution in [1.82, 2.24) is 4.31 Å². The van der Waals surface area contributed by atoms with Gasteiger partial charge < -0.3 is 14.0 Å². The van der Waals surface area contributed by atoms with E-state index < -0.39 is 22.8 Å². The van der Waals surface area contributed by atoms with Crippen LogP contribution in [0.5, 0.6) is 11.5 Å². The van der Waals surface area contributed by atoms with Crippen LogP contribution in [0.2, 0.25) is 5.02 Å². The van der Waals surface area contributed by atoms with Crippen LogP contribution < -0.4 is 4.74 Å². The third-order valence-electron chi connectivity index (χ3n) is 5.72. The van der Waals surface area contributed by atoms with Gasteiger partial charge in [-0.05, 0) is 85.5 Å². The second-order valence-corrected chi connectivity index (χ2v) is 11.3. The van der Waals surface area contributed by atoms with E-state index in [9.17, 15) is 13.6 Å². The smallest absolute Gasteiger partial charge is 0.338 e. The number of ether oxygens (including phenoxy) is 2. The lowest BCUT2D eigenvalue weighted by molar-refractivity contribution is 0.00694. The Morgan fingerprint density at radius 3 is 2.05 bits per heavy atom. The molecular weight excluding hydrogens is 534 g/mol. The van der Waals surface area contributed by atoms with E-state index >= 15 is 0 Å². The molecule has 6 nitrogen and oxygen atoms in total. The fourth-order valence-electron chi connectivity index (χ4n) is 3.83. The number of halogens is 1. The molecule has 0 bridgehead atoms. The number of benzene rings is 4. The molecule has 39 heavy (non-hydrogen) atoms. The quantitative estimate of drug-likeness (QED) is 0.155. The van der Waals surface area contributed by atoms with E-state index in [0.29, 0.717) is 16.1 Å². The van der Waals surface area contributed by atoms with E-state index in [2.05, 4.69) is 0 Å². The van der Waals surface area contributed by atoms with Crippen LogP contribution >= 0.6 is 11.6 Å². The Kier molecular flexibility index (Phi) is 9.20. The highest BCUT2D eigenvalue weighted by molar-refractivity contribution is 7.76. The summed E-state index contributed by atoms with van der Waals surface area (Å²) in [7, 11) is 0. The summed E-state index contributed by atoms with van der Waals surface area (Å²) in [6.07, 6.45) is 0. The first-order valence-corrected chi connectivity index (χ1v) is 13.8. The van der Waals surface area contributed by atoms with Gasteiger partial charge in [-0.1, -0.05) is 66.2 Å². The maximum absolute atomic E-state index is 12.2. The number of esters is 1. The molecule has 8 heteroatoms. The lowest BCUT2D eigenvalue weighted by Gasteiger charge is -2.25. The van der Waals surface area contributed by atoms with Gasteiger partial charge in [-0.15, -0.1) is 0 Å². The van der Waals surface area contributed by atoms with E-state index in [1.54, 1.807) is 45.0 Å². The average molecular weight is 563 g/mol. The summed E-state index contributed by atoms with van der Waals surface area (Å²) >= 11 is 4.09. The number of carbonyl (C=O) groups is 1. The number of hydrogen-bond acceptors (Lipinski definition) is 5. The molecule has 0 amide bonds. The Labute approximate surface area is 236 Å². The molecule has 1 unspecified atom stereocenters. The zero-order valence-electron chi connectivity index (χ0n) is 21.9. The molecule has 0 fully saturated rings. The number of para-hydroxylation sites is 1. The van der Waals surface area contributed by atoms with Crippen LogP contribution in [-0.4, -0.2) is 24.6 Å². The molecule has 0 heterocycles. The van der Waals surface area contributed by atoms with Crippen molar-refractivity contribution in [1.29, 1.82) is 0 Å². The summed E-state index contributed by atoms with van der Waals surface area (Å²) < 4.78 is 36.5. The largest absolute Gasteiger partial charge is 0.760 e. The molecule has 0 aliphatic rings. The zero-order valence-corrected chi connectivity index (χ0v) is 23.5. The van der Waals surface area contributed by atoms with Gasteiger partial charge in [0, 0.05) is 29.4 Å².